The van der Waals surface area contributed by atoms with Gasteiger partial charge in [-0.15, -0.1) is 5.10 Å². The Kier molecular flexibility index (Phi) is 4.68. The number of aromatic nitrogens is 3. The molecule has 31 heavy (non-hydrogen) atoms. The van der Waals surface area contributed by atoms with E-state index < -0.39 is 11.9 Å². The molecule has 5 rings (SSSR count). The van der Waals surface area contributed by atoms with Gasteiger partial charge in [0, 0.05) is 33.3 Å². The summed E-state index contributed by atoms with van der Waals surface area (Å²) in [5.74, 6) is 0.297. The number of hydrogen-bond donors (Lipinski definition) is 1. The Bertz CT molecular complexity index is 1260. The quantitative estimate of drug-likeness (QED) is 0.509. The molecule has 5 nitrogen and oxygen atoms in total. The van der Waals surface area contributed by atoms with Crippen molar-refractivity contribution in [1.82, 2.24) is 14.8 Å². The first-order chi connectivity index (χ1) is 14.7. The van der Waals surface area contributed by atoms with Crippen LogP contribution < -0.4 is 5.32 Å². The fourth-order valence-corrected chi connectivity index (χ4v) is 4.89. The van der Waals surface area contributed by atoms with E-state index in [-0.39, 0.29) is 22.6 Å². The van der Waals surface area contributed by atoms with Crippen molar-refractivity contribution in [3.8, 4) is 11.4 Å². The summed E-state index contributed by atoms with van der Waals surface area (Å²) in [5, 5.41) is 8.80. The molecule has 2 aliphatic rings. The molecular weight excluding hydrogens is 438 g/mol. The number of carbonyl (C=O) groups excluding carboxylic acids is 1. The average molecular weight is 457 g/mol. The van der Waals surface area contributed by atoms with Crippen molar-refractivity contribution in [2.45, 2.75) is 32.7 Å². The van der Waals surface area contributed by atoms with Crippen molar-refractivity contribution in [3.05, 3.63) is 75.2 Å². The van der Waals surface area contributed by atoms with Crippen LogP contribution in [0.3, 0.4) is 0 Å². The number of nitrogens with zero attached hydrogens (tertiary/aromatic N) is 3. The smallest absolute Gasteiger partial charge is 0.226 e. The van der Waals surface area contributed by atoms with Crippen LogP contribution in [0, 0.1) is 11.2 Å². The normalized spacial score (nSPS) is 19.6. The lowest BCUT2D eigenvalue weighted by Gasteiger charge is -2.38. The third-order valence-corrected chi connectivity index (χ3v) is 6.27. The van der Waals surface area contributed by atoms with E-state index in [1.165, 1.54) is 6.07 Å². The second kappa shape index (κ2) is 7.18. The van der Waals surface area contributed by atoms with Crippen molar-refractivity contribution in [2.24, 2.45) is 5.41 Å². The topological polar surface area (TPSA) is 59.8 Å². The van der Waals surface area contributed by atoms with Gasteiger partial charge in [0.15, 0.2) is 11.6 Å². The third-order valence-electron chi connectivity index (χ3n) is 5.70. The molecular formula is C23H19Cl2FN4O. The number of Topliss-reactive ketones (excluding diaryl/α,β-unsaturated/α-hetero) is 1. The lowest BCUT2D eigenvalue weighted by Crippen LogP contribution is -2.36. The highest BCUT2D eigenvalue weighted by Crippen LogP contribution is 2.47. The molecule has 3 aromatic rings. The van der Waals surface area contributed by atoms with Crippen LogP contribution in [0.2, 0.25) is 10.0 Å². The number of fused-ring (bicyclic) bond motifs is 1. The molecule has 0 amide bonds. The highest BCUT2D eigenvalue weighted by molar-refractivity contribution is 6.35. The zero-order valence-corrected chi connectivity index (χ0v) is 18.4. The molecule has 0 saturated heterocycles. The number of benzene rings is 2. The van der Waals surface area contributed by atoms with E-state index >= 15 is 0 Å². The minimum Gasteiger partial charge on any atom is -0.328 e. The molecule has 0 radical (unpaired) electrons. The first-order valence-electron chi connectivity index (χ1n) is 9.93. The Morgan fingerprint density at radius 2 is 1.94 bits per heavy atom. The number of carbonyl (C=O) groups is 1. The fraction of sp³-hybridized carbons (Fsp3) is 0.261. The molecule has 1 aliphatic heterocycles. The van der Waals surface area contributed by atoms with Crippen LogP contribution in [0.4, 0.5) is 10.3 Å². The van der Waals surface area contributed by atoms with Crippen LogP contribution in [-0.2, 0) is 4.79 Å². The minimum absolute atomic E-state index is 0.0309. The summed E-state index contributed by atoms with van der Waals surface area (Å²) < 4.78 is 16.0. The van der Waals surface area contributed by atoms with E-state index in [1.807, 2.05) is 0 Å². The summed E-state index contributed by atoms with van der Waals surface area (Å²) in [7, 11) is 0. The van der Waals surface area contributed by atoms with Gasteiger partial charge in [-0.1, -0.05) is 55.2 Å². The summed E-state index contributed by atoms with van der Waals surface area (Å²) in [4.78, 5) is 17.8. The van der Waals surface area contributed by atoms with Crippen molar-refractivity contribution in [3.63, 3.8) is 0 Å². The molecule has 0 fully saturated rings. The molecule has 1 N–H and O–H groups in total. The van der Waals surface area contributed by atoms with Crippen LogP contribution in [0.1, 0.15) is 38.3 Å². The predicted octanol–water partition coefficient (Wildman–Crippen LogP) is 6.05. The van der Waals surface area contributed by atoms with Gasteiger partial charge in [0.1, 0.15) is 11.9 Å². The molecule has 1 aromatic heterocycles. The van der Waals surface area contributed by atoms with Gasteiger partial charge in [-0.2, -0.15) is 4.98 Å². The largest absolute Gasteiger partial charge is 0.328 e. The van der Waals surface area contributed by atoms with E-state index in [0.717, 1.165) is 5.70 Å². The average Bonchev–Trinajstić information content (AvgIpc) is 3.09. The molecule has 1 unspecified atom stereocenters. The minimum atomic E-state index is -0.576. The predicted molar refractivity (Wildman–Crippen MR) is 119 cm³/mol. The molecule has 158 valence electrons. The molecule has 2 aromatic carbocycles. The van der Waals surface area contributed by atoms with E-state index in [4.69, 9.17) is 23.2 Å². The molecule has 0 spiro atoms. The van der Waals surface area contributed by atoms with E-state index in [2.05, 4.69) is 29.2 Å². The first-order valence-corrected chi connectivity index (χ1v) is 10.7. The first kappa shape index (κ1) is 20.2. The van der Waals surface area contributed by atoms with Crippen LogP contribution >= 0.6 is 23.2 Å². The summed E-state index contributed by atoms with van der Waals surface area (Å²) in [6, 6.07) is 10.9. The molecule has 1 aliphatic carbocycles. The number of anilines is 1. The highest BCUT2D eigenvalue weighted by atomic mass is 35.5. The van der Waals surface area contributed by atoms with Gasteiger partial charge in [0.2, 0.25) is 5.95 Å². The fourth-order valence-electron chi connectivity index (χ4n) is 4.38. The number of allylic oxidation sites excluding steroid dienone is 2. The number of hydrogen-bond acceptors (Lipinski definition) is 4. The Labute approximate surface area is 188 Å². The summed E-state index contributed by atoms with van der Waals surface area (Å²) >= 11 is 12.7. The summed E-state index contributed by atoms with van der Waals surface area (Å²) in [6.07, 6.45) is 1.09. The SMILES string of the molecule is CC1(C)CC(=O)C2=C(C1)Nc1nc(-c3ccccc3F)nn1C2c1ccc(Cl)cc1Cl. The Morgan fingerprint density at radius 1 is 1.16 bits per heavy atom. The van der Waals surface area contributed by atoms with Gasteiger partial charge in [-0.05, 0) is 36.1 Å². The monoisotopic (exact) mass is 456 g/mol. The molecule has 1 atom stereocenters. The third kappa shape index (κ3) is 3.44. The van der Waals surface area contributed by atoms with E-state index in [9.17, 15) is 9.18 Å². The maximum Gasteiger partial charge on any atom is 0.226 e. The van der Waals surface area contributed by atoms with Crippen molar-refractivity contribution in [2.75, 3.05) is 5.32 Å². The molecule has 2 heterocycles. The van der Waals surface area contributed by atoms with Gasteiger partial charge in [0.05, 0.1) is 5.56 Å². The number of nitrogens with one attached hydrogen (secondary N) is 1. The lowest BCUT2D eigenvalue weighted by atomic mass is 9.73. The van der Waals surface area contributed by atoms with Gasteiger partial charge >= 0.3 is 0 Å². The Morgan fingerprint density at radius 3 is 2.68 bits per heavy atom. The number of halogens is 3. The Hall–Kier alpha value is -2.70. The van der Waals surface area contributed by atoms with Crippen molar-refractivity contribution >= 4 is 34.9 Å². The second-order valence-corrected chi connectivity index (χ2v) is 9.55. The van der Waals surface area contributed by atoms with E-state index in [0.29, 0.717) is 40.0 Å². The molecule has 8 heteroatoms. The number of ketones is 1. The van der Waals surface area contributed by atoms with Crippen LogP contribution in [0.15, 0.2) is 53.7 Å². The zero-order chi connectivity index (χ0) is 21.9. The van der Waals surface area contributed by atoms with Gasteiger partial charge < -0.3 is 5.32 Å². The van der Waals surface area contributed by atoms with Gasteiger partial charge in [-0.25, -0.2) is 9.07 Å². The maximum atomic E-state index is 14.4. The van der Waals surface area contributed by atoms with E-state index in [1.54, 1.807) is 41.1 Å². The van der Waals surface area contributed by atoms with Crippen molar-refractivity contribution in [1.29, 1.82) is 0 Å². The zero-order valence-electron chi connectivity index (χ0n) is 16.9. The van der Waals surface area contributed by atoms with Gasteiger partial charge in [-0.3, -0.25) is 4.79 Å². The second-order valence-electron chi connectivity index (χ2n) is 8.71. The highest BCUT2D eigenvalue weighted by Gasteiger charge is 2.42. The summed E-state index contributed by atoms with van der Waals surface area (Å²) in [6.45, 7) is 4.12. The maximum absolute atomic E-state index is 14.4. The van der Waals surface area contributed by atoms with Crippen molar-refractivity contribution < 1.29 is 9.18 Å². The molecule has 0 saturated carbocycles. The Balaban J connectivity index is 1.72. The lowest BCUT2D eigenvalue weighted by molar-refractivity contribution is -0.118. The molecule has 0 bridgehead atoms. The van der Waals surface area contributed by atoms with Crippen LogP contribution in [-0.4, -0.2) is 20.5 Å². The van der Waals surface area contributed by atoms with Gasteiger partial charge in [0.25, 0.3) is 0 Å². The van der Waals surface area contributed by atoms with Crippen LogP contribution in [0.5, 0.6) is 0 Å². The van der Waals surface area contributed by atoms with Crippen LogP contribution in [0.25, 0.3) is 11.4 Å². The summed E-state index contributed by atoms with van der Waals surface area (Å²) in [5.41, 5.74) is 2.21. The number of rotatable bonds is 2. The standard InChI is InChI=1S/C23H19Cl2FN4O/c1-23(2)10-17-19(18(31)11-23)20(13-8-7-12(24)9-15(13)25)30-22(27-17)28-21(29-30)14-5-3-4-6-16(14)26/h3-9,20H,10-11H2,1-2H3,(H,27,28,29).